The summed E-state index contributed by atoms with van der Waals surface area (Å²) in [5, 5.41) is 37.3. The molecule has 3 aromatic rings. The monoisotopic (exact) mass is 747 g/mol. The van der Waals surface area contributed by atoms with Gasteiger partial charge in [0.15, 0.2) is 17.3 Å². The Balaban J connectivity index is 1.12. The van der Waals surface area contributed by atoms with Crippen molar-refractivity contribution in [1.82, 2.24) is 10.3 Å². The van der Waals surface area contributed by atoms with Gasteiger partial charge in [-0.2, -0.15) is 0 Å². The predicted molar refractivity (Wildman–Crippen MR) is 215 cm³/mol. The quantitative estimate of drug-likeness (QED) is 0.0826. The van der Waals surface area contributed by atoms with Gasteiger partial charge >= 0.3 is 0 Å². The number of allylic oxidation sites excluding steroid dienone is 1. The first kappa shape index (κ1) is 40.2. The third-order valence-electron chi connectivity index (χ3n) is 11.9. The van der Waals surface area contributed by atoms with Gasteiger partial charge in [-0.05, 0) is 116 Å². The number of methoxy groups -OCH3 is 1. The van der Waals surface area contributed by atoms with E-state index in [4.69, 9.17) is 10.5 Å². The van der Waals surface area contributed by atoms with Crippen LogP contribution in [-0.2, 0) is 16.0 Å². The van der Waals surface area contributed by atoms with Crippen molar-refractivity contribution in [2.24, 2.45) is 17.8 Å². The second-order valence-corrected chi connectivity index (χ2v) is 15.9. The lowest BCUT2D eigenvalue weighted by Gasteiger charge is -2.39. The SMILES string of the molecule is COc1cc2c(cc1O)[C@H](CC[C@H](O)C[C@H](/C=C\c1ccccc1)c1ccnc(N)c1)C#C[C@H]([C@H](O)CCCC[C@@H]1CN[C@@H]3CC(=O)CC[C@@H]3C1)C(=O)CC2. The molecule has 2 aliphatic carbocycles. The van der Waals surface area contributed by atoms with Crippen molar-refractivity contribution >= 4 is 23.5 Å². The molecule has 1 aromatic heterocycles. The van der Waals surface area contributed by atoms with E-state index < -0.39 is 18.1 Å². The number of nitrogen functional groups attached to an aromatic ring is 1. The van der Waals surface area contributed by atoms with Crippen LogP contribution in [0.5, 0.6) is 11.5 Å². The third-order valence-corrected chi connectivity index (χ3v) is 11.9. The van der Waals surface area contributed by atoms with E-state index in [1.165, 1.54) is 7.11 Å². The van der Waals surface area contributed by atoms with E-state index >= 15 is 0 Å². The standard InChI is InChI=1S/C46H57N3O6/c1-55-45-25-35-16-20-43(53)39(42(52)10-6-5-9-31-23-36-14-18-38(51)27-41(36)49-29-31)19-15-32(40(35)28-44(45)54)13-17-37(50)24-33(34-21-22-48-46(47)26-34)12-11-30-7-3-2-4-8-30/h2-4,7-8,11-12,21-22,25-26,28,31-33,36-37,39,41-42,49-50,52,54H,5-6,9-10,13-14,16-18,20,23-24,27,29H2,1H3,(H2,47,48)/b12-11-/t31-,32+,33-,36+,37-,39+,41+,42+/m0/s1. The number of phenolic OH excluding ortho intramolecular Hbond substituents is 1. The van der Waals surface area contributed by atoms with Gasteiger partial charge in [0.25, 0.3) is 0 Å². The third kappa shape index (κ3) is 11.1. The van der Waals surface area contributed by atoms with Crippen LogP contribution in [0, 0.1) is 29.6 Å². The molecule has 292 valence electrons. The summed E-state index contributed by atoms with van der Waals surface area (Å²) in [7, 11) is 1.50. The molecule has 55 heavy (non-hydrogen) atoms. The van der Waals surface area contributed by atoms with Crippen LogP contribution in [0.3, 0.4) is 0 Å². The predicted octanol–water partition coefficient (Wildman–Crippen LogP) is 6.89. The van der Waals surface area contributed by atoms with Crippen LogP contribution >= 0.6 is 0 Å². The summed E-state index contributed by atoms with van der Waals surface area (Å²) in [6.07, 6.45) is 13.1. The Morgan fingerprint density at radius 1 is 1.02 bits per heavy atom. The lowest BCUT2D eigenvalue weighted by molar-refractivity contribution is -0.124. The number of hydrogen-bond donors (Lipinski definition) is 5. The second-order valence-electron chi connectivity index (χ2n) is 15.9. The van der Waals surface area contributed by atoms with E-state index in [-0.39, 0.29) is 29.8 Å². The summed E-state index contributed by atoms with van der Waals surface area (Å²) >= 11 is 0. The maximum absolute atomic E-state index is 13.6. The molecule has 6 rings (SSSR count). The molecule has 2 fully saturated rings. The Bertz CT molecular complexity index is 1850. The number of benzene rings is 2. The summed E-state index contributed by atoms with van der Waals surface area (Å²) < 4.78 is 5.42. The van der Waals surface area contributed by atoms with Crippen LogP contribution in [0.1, 0.15) is 111 Å². The van der Waals surface area contributed by atoms with E-state index in [2.05, 4.69) is 34.3 Å². The fourth-order valence-electron chi connectivity index (χ4n) is 8.80. The number of pyridine rings is 1. The summed E-state index contributed by atoms with van der Waals surface area (Å²) in [6, 6.07) is 17.6. The highest BCUT2D eigenvalue weighted by atomic mass is 16.5. The first-order valence-electron chi connectivity index (χ1n) is 20.2. The molecule has 0 bridgehead atoms. The highest BCUT2D eigenvalue weighted by molar-refractivity contribution is 5.85. The maximum atomic E-state index is 13.6. The number of aromatic hydroxyl groups is 1. The van der Waals surface area contributed by atoms with Crippen molar-refractivity contribution in [3.05, 3.63) is 89.1 Å². The first-order valence-corrected chi connectivity index (χ1v) is 20.2. The zero-order chi connectivity index (χ0) is 38.7. The summed E-state index contributed by atoms with van der Waals surface area (Å²) in [5.41, 5.74) is 9.75. The molecule has 3 aliphatic rings. The molecule has 9 heteroatoms. The number of hydrogen-bond acceptors (Lipinski definition) is 9. The zero-order valence-corrected chi connectivity index (χ0v) is 32.0. The number of nitrogens with two attached hydrogens (primary N) is 1. The number of nitrogens with zero attached hydrogens (tertiary/aromatic N) is 1. The van der Waals surface area contributed by atoms with E-state index in [1.54, 1.807) is 18.3 Å². The summed E-state index contributed by atoms with van der Waals surface area (Å²) in [5.74, 6) is 7.42. The Kier molecular flexibility index (Phi) is 14.2. The topological polar surface area (TPSA) is 155 Å². The lowest BCUT2D eigenvalue weighted by atomic mass is 9.74. The van der Waals surface area contributed by atoms with Crippen molar-refractivity contribution in [2.75, 3.05) is 19.4 Å². The smallest absolute Gasteiger partial charge is 0.160 e. The van der Waals surface area contributed by atoms with Gasteiger partial charge in [-0.1, -0.05) is 67.2 Å². The molecule has 6 N–H and O–H groups in total. The molecule has 2 aromatic carbocycles. The van der Waals surface area contributed by atoms with Gasteiger partial charge in [0, 0.05) is 43.3 Å². The minimum atomic E-state index is -0.876. The van der Waals surface area contributed by atoms with Crippen LogP contribution in [0.15, 0.2) is 66.9 Å². The number of nitrogens with one attached hydrogen (secondary N) is 1. The lowest BCUT2D eigenvalue weighted by Crippen LogP contribution is -2.48. The van der Waals surface area contributed by atoms with E-state index in [0.717, 1.165) is 60.9 Å². The number of piperidine rings is 1. The molecule has 0 amide bonds. The normalized spacial score (nSPS) is 24.3. The molecule has 1 aliphatic heterocycles. The number of Topliss-reactive ketones (excluding diaryl/α,β-unsaturated/α-hetero) is 2. The average Bonchev–Trinajstić information content (AvgIpc) is 3.25. The van der Waals surface area contributed by atoms with E-state index in [1.807, 2.05) is 42.5 Å². The molecule has 8 atom stereocenters. The van der Waals surface area contributed by atoms with Gasteiger partial charge < -0.3 is 31.1 Å². The van der Waals surface area contributed by atoms with Crippen molar-refractivity contribution in [2.45, 2.75) is 114 Å². The molecular weight excluding hydrogens is 691 g/mol. The molecule has 0 unspecified atom stereocenters. The van der Waals surface area contributed by atoms with Gasteiger partial charge in [0.1, 0.15) is 17.5 Å². The molecule has 2 heterocycles. The number of anilines is 1. The number of carbonyl (C=O) groups excluding carboxylic acids is 2. The van der Waals surface area contributed by atoms with E-state index in [9.17, 15) is 24.9 Å². The van der Waals surface area contributed by atoms with Crippen molar-refractivity contribution < 1.29 is 29.6 Å². The van der Waals surface area contributed by atoms with Crippen LogP contribution in [-0.4, -0.2) is 63.8 Å². The minimum absolute atomic E-state index is 0.00203. The molecule has 9 nitrogen and oxygen atoms in total. The van der Waals surface area contributed by atoms with Gasteiger partial charge in [-0.15, -0.1) is 0 Å². The largest absolute Gasteiger partial charge is 0.504 e. The number of aliphatic hydroxyl groups excluding tert-OH is 2. The number of rotatable bonds is 15. The number of phenols is 1. The number of aliphatic hydroxyl groups is 2. The first-order chi connectivity index (χ1) is 26.7. The van der Waals surface area contributed by atoms with Crippen LogP contribution < -0.4 is 15.8 Å². The number of ketones is 2. The van der Waals surface area contributed by atoms with Crippen molar-refractivity contribution in [3.63, 3.8) is 0 Å². The number of aryl methyl sites for hydroxylation is 1. The zero-order valence-electron chi connectivity index (χ0n) is 32.0. The van der Waals surface area contributed by atoms with Gasteiger partial charge in [-0.25, -0.2) is 4.98 Å². The van der Waals surface area contributed by atoms with E-state index in [0.29, 0.717) is 80.2 Å². The van der Waals surface area contributed by atoms with Gasteiger partial charge in [0.2, 0.25) is 0 Å². The highest BCUT2D eigenvalue weighted by Crippen LogP contribution is 2.38. The van der Waals surface area contributed by atoms with Crippen LogP contribution in [0.2, 0.25) is 0 Å². The fraction of sp³-hybridized carbons (Fsp3) is 0.500. The Morgan fingerprint density at radius 2 is 1.85 bits per heavy atom. The van der Waals surface area contributed by atoms with Crippen LogP contribution in [0.25, 0.3) is 6.08 Å². The molecule has 0 radical (unpaired) electrons. The van der Waals surface area contributed by atoms with Crippen molar-refractivity contribution in [3.8, 4) is 23.3 Å². The molecule has 1 saturated heterocycles. The number of carbonyl (C=O) groups is 2. The van der Waals surface area contributed by atoms with Gasteiger partial charge in [0.05, 0.1) is 19.3 Å². The summed E-state index contributed by atoms with van der Waals surface area (Å²) in [4.78, 5) is 29.6. The minimum Gasteiger partial charge on any atom is -0.504 e. The van der Waals surface area contributed by atoms with Crippen molar-refractivity contribution in [1.29, 1.82) is 0 Å². The maximum Gasteiger partial charge on any atom is 0.160 e. The molecule has 0 spiro atoms. The van der Waals surface area contributed by atoms with Gasteiger partial charge in [-0.3, -0.25) is 9.59 Å². The summed E-state index contributed by atoms with van der Waals surface area (Å²) in [6.45, 7) is 0.935. The second kappa shape index (κ2) is 19.4. The average molecular weight is 748 g/mol. The highest BCUT2D eigenvalue weighted by Gasteiger charge is 2.34. The number of aromatic nitrogens is 1. The molecular formula is C46H57N3O6. The Hall–Kier alpha value is -4.49. The number of ether oxygens (including phenoxy) is 1. The number of fused-ring (bicyclic) bond motifs is 2. The number of unbranched alkanes of at least 4 members (excludes halogenated alkanes) is 1. The van der Waals surface area contributed by atoms with Crippen LogP contribution in [0.4, 0.5) is 5.82 Å². The Labute approximate surface area is 325 Å². The Morgan fingerprint density at radius 3 is 2.65 bits per heavy atom. The molecule has 1 saturated carbocycles. The fourth-order valence-corrected chi connectivity index (χ4v) is 8.80.